The lowest BCUT2D eigenvalue weighted by Crippen LogP contribution is -2.17. The van der Waals surface area contributed by atoms with Gasteiger partial charge in [-0.15, -0.1) is 13.2 Å². The van der Waals surface area contributed by atoms with Crippen LogP contribution in [0.4, 0.5) is 30.6 Å². The van der Waals surface area contributed by atoms with Gasteiger partial charge in [0.25, 0.3) is 5.69 Å². The molecule has 9 nitrogen and oxygen atoms in total. The van der Waals surface area contributed by atoms with Crippen LogP contribution in [-0.2, 0) is 6.54 Å². The number of aromatic nitrogens is 2. The number of benzene rings is 2. The van der Waals surface area contributed by atoms with Crippen molar-refractivity contribution in [3.63, 3.8) is 0 Å². The first-order valence-electron chi connectivity index (χ1n) is 9.81. The largest absolute Gasteiger partial charge is 0.573 e. The first-order valence-corrected chi connectivity index (χ1v) is 9.81. The van der Waals surface area contributed by atoms with Crippen molar-refractivity contribution < 1.29 is 27.9 Å². The minimum atomic E-state index is -4.82. The third-order valence-electron chi connectivity index (χ3n) is 4.33. The molecule has 0 saturated carbocycles. The number of anilines is 2. The number of alkyl halides is 3. The molecule has 0 unspecified atom stereocenters. The fraction of sp³-hybridized carbons (Fsp3) is 0.238. The van der Waals surface area contributed by atoms with Gasteiger partial charge in [0.1, 0.15) is 11.6 Å². The van der Waals surface area contributed by atoms with Crippen molar-refractivity contribution in [1.82, 2.24) is 9.97 Å². The number of non-ortho nitro benzene ring substituents is 1. The van der Waals surface area contributed by atoms with Gasteiger partial charge in [0.05, 0.1) is 10.6 Å². The van der Waals surface area contributed by atoms with Crippen molar-refractivity contribution in [2.75, 3.05) is 23.8 Å². The number of nitrogens with one attached hydrogen (secondary N) is 2. The summed E-state index contributed by atoms with van der Waals surface area (Å²) in [5, 5.41) is 25.8. The van der Waals surface area contributed by atoms with Gasteiger partial charge in [0.2, 0.25) is 5.95 Å². The Morgan fingerprint density at radius 3 is 2.48 bits per heavy atom. The van der Waals surface area contributed by atoms with Crippen LogP contribution in [0.5, 0.6) is 5.75 Å². The fourth-order valence-electron chi connectivity index (χ4n) is 2.82. The maximum Gasteiger partial charge on any atom is 0.573 e. The lowest BCUT2D eigenvalue weighted by Gasteiger charge is -2.13. The summed E-state index contributed by atoms with van der Waals surface area (Å²) in [5.41, 5.74) is 1.45. The summed E-state index contributed by atoms with van der Waals surface area (Å²) in [5.74, 6) is 0.218. The summed E-state index contributed by atoms with van der Waals surface area (Å²) >= 11 is 0. The van der Waals surface area contributed by atoms with E-state index in [9.17, 15) is 23.3 Å². The molecule has 0 radical (unpaired) electrons. The Kier molecular flexibility index (Phi) is 7.61. The highest BCUT2D eigenvalue weighted by Gasteiger charge is 2.31. The highest BCUT2D eigenvalue weighted by atomic mass is 19.4. The molecule has 0 spiro atoms. The molecule has 33 heavy (non-hydrogen) atoms. The summed E-state index contributed by atoms with van der Waals surface area (Å²) in [4.78, 5) is 19.0. The maximum absolute atomic E-state index is 12.6. The molecular weight excluding hydrogens is 443 g/mol. The number of halogens is 3. The van der Waals surface area contributed by atoms with Gasteiger partial charge in [-0.3, -0.25) is 10.1 Å². The van der Waals surface area contributed by atoms with Crippen molar-refractivity contribution in [1.29, 1.82) is 0 Å². The molecule has 3 rings (SSSR count). The molecule has 0 atom stereocenters. The molecule has 1 heterocycles. The zero-order valence-corrected chi connectivity index (χ0v) is 17.2. The topological polar surface area (TPSA) is 122 Å². The highest BCUT2D eigenvalue weighted by Crippen LogP contribution is 2.28. The van der Waals surface area contributed by atoms with Crippen molar-refractivity contribution in [3.05, 3.63) is 70.3 Å². The van der Waals surface area contributed by atoms with Crippen LogP contribution < -0.4 is 15.4 Å². The minimum absolute atomic E-state index is 0.0283. The normalized spacial score (nSPS) is 11.2. The number of nitro benzene ring substituents is 1. The second kappa shape index (κ2) is 10.6. The summed E-state index contributed by atoms with van der Waals surface area (Å²) in [7, 11) is 0. The number of hydrogen-bond acceptors (Lipinski definition) is 8. The van der Waals surface area contributed by atoms with E-state index in [1.165, 1.54) is 30.3 Å². The van der Waals surface area contributed by atoms with E-state index in [0.717, 1.165) is 5.56 Å². The lowest BCUT2D eigenvalue weighted by atomic mass is 10.1. The molecule has 3 aromatic rings. The van der Waals surface area contributed by atoms with Gasteiger partial charge in [-0.25, -0.2) is 4.98 Å². The lowest BCUT2D eigenvalue weighted by molar-refractivity contribution is -0.384. The Hall–Kier alpha value is -3.93. The number of nitrogens with zero attached hydrogens (tertiary/aromatic N) is 3. The molecular formula is C21H20F3N5O4. The first kappa shape index (κ1) is 23.7. The molecule has 0 aliphatic rings. The Bertz CT molecular complexity index is 1090. The Balaban J connectivity index is 1.84. The van der Waals surface area contributed by atoms with Crippen LogP contribution in [0, 0.1) is 10.1 Å². The third kappa shape index (κ3) is 7.31. The zero-order chi connectivity index (χ0) is 23.8. The minimum Gasteiger partial charge on any atom is -0.406 e. The molecule has 0 aliphatic heterocycles. The van der Waals surface area contributed by atoms with Crippen LogP contribution in [0.25, 0.3) is 11.3 Å². The molecule has 174 valence electrons. The Morgan fingerprint density at radius 2 is 1.82 bits per heavy atom. The monoisotopic (exact) mass is 463 g/mol. The zero-order valence-electron chi connectivity index (χ0n) is 17.2. The molecule has 0 aliphatic carbocycles. The van der Waals surface area contributed by atoms with E-state index in [1.54, 1.807) is 24.3 Å². The van der Waals surface area contributed by atoms with Crippen molar-refractivity contribution in [2.45, 2.75) is 19.3 Å². The van der Waals surface area contributed by atoms with E-state index in [0.29, 0.717) is 36.6 Å². The quantitative estimate of drug-likeness (QED) is 0.230. The van der Waals surface area contributed by atoms with Gasteiger partial charge >= 0.3 is 6.36 Å². The summed E-state index contributed by atoms with van der Waals surface area (Å²) in [6, 6.07) is 12.9. The highest BCUT2D eigenvalue weighted by molar-refractivity contribution is 5.66. The average molecular weight is 463 g/mol. The Labute approximate surface area is 186 Å². The number of nitro groups is 1. The van der Waals surface area contributed by atoms with Crippen molar-refractivity contribution in [2.24, 2.45) is 0 Å². The van der Waals surface area contributed by atoms with Crippen LogP contribution in [-0.4, -0.2) is 39.5 Å². The van der Waals surface area contributed by atoms with E-state index >= 15 is 0 Å². The van der Waals surface area contributed by atoms with E-state index in [4.69, 9.17) is 5.11 Å². The van der Waals surface area contributed by atoms with Crippen molar-refractivity contribution in [3.8, 4) is 17.0 Å². The molecule has 0 bridgehead atoms. The van der Waals surface area contributed by atoms with E-state index in [2.05, 4.69) is 25.3 Å². The van der Waals surface area contributed by atoms with Gasteiger partial charge in [-0.1, -0.05) is 24.3 Å². The van der Waals surface area contributed by atoms with Gasteiger partial charge in [-0.2, -0.15) is 4.98 Å². The maximum atomic E-state index is 12.6. The van der Waals surface area contributed by atoms with Gasteiger partial charge in [-0.05, 0) is 24.1 Å². The van der Waals surface area contributed by atoms with Crippen molar-refractivity contribution >= 4 is 17.5 Å². The Morgan fingerprint density at radius 1 is 1.06 bits per heavy atom. The fourth-order valence-corrected chi connectivity index (χ4v) is 2.82. The van der Waals surface area contributed by atoms with E-state index in [1.807, 2.05) is 0 Å². The van der Waals surface area contributed by atoms with Gasteiger partial charge in [0.15, 0.2) is 0 Å². The molecule has 2 aromatic carbocycles. The number of aliphatic hydroxyl groups is 1. The molecule has 12 heteroatoms. The summed E-state index contributed by atoms with van der Waals surface area (Å²) < 4.78 is 41.7. The smallest absolute Gasteiger partial charge is 0.406 e. The van der Waals surface area contributed by atoms with Crippen LogP contribution in [0.3, 0.4) is 0 Å². The van der Waals surface area contributed by atoms with E-state index < -0.39 is 11.3 Å². The first-order chi connectivity index (χ1) is 15.7. The number of ether oxygens (including phenoxy) is 1. The number of aliphatic hydroxyl groups excluding tert-OH is 1. The molecule has 0 fully saturated rings. The molecule has 0 amide bonds. The second-order valence-electron chi connectivity index (χ2n) is 6.82. The summed E-state index contributed by atoms with van der Waals surface area (Å²) in [6.45, 7) is 0.648. The van der Waals surface area contributed by atoms with E-state index in [-0.39, 0.29) is 24.0 Å². The molecule has 3 N–H and O–H groups in total. The van der Waals surface area contributed by atoms with Gasteiger partial charge in [0, 0.05) is 43.5 Å². The summed E-state index contributed by atoms with van der Waals surface area (Å²) in [6.07, 6.45) is -4.37. The number of rotatable bonds is 10. The second-order valence-corrected chi connectivity index (χ2v) is 6.82. The van der Waals surface area contributed by atoms with Crippen LogP contribution in [0.1, 0.15) is 12.0 Å². The predicted octanol–water partition coefficient (Wildman–Crippen LogP) is 4.36. The van der Waals surface area contributed by atoms with Crippen LogP contribution in [0.15, 0.2) is 54.6 Å². The van der Waals surface area contributed by atoms with Crippen LogP contribution in [0.2, 0.25) is 0 Å². The van der Waals surface area contributed by atoms with Crippen LogP contribution >= 0.6 is 0 Å². The average Bonchev–Trinajstić information content (AvgIpc) is 2.77. The number of hydrogen-bond donors (Lipinski definition) is 3. The SMILES string of the molecule is O=[N+]([O-])c1ccc(CNc2cc(-c3cccc(OC(F)(F)F)c3)nc(NCCCO)n2)cc1. The predicted molar refractivity (Wildman–Crippen MR) is 115 cm³/mol. The molecule has 0 saturated heterocycles. The molecule has 1 aromatic heterocycles. The third-order valence-corrected chi connectivity index (χ3v) is 4.33. The standard InChI is InChI=1S/C21H20F3N5O4/c22-21(23,24)33-17-4-1-3-15(11-17)18-12-19(28-20(27-18)25-9-2-10-30)26-13-14-5-7-16(8-6-14)29(31)32/h1,3-8,11-12,30H,2,9-10,13H2,(H2,25,26,27,28). The van der Waals surface area contributed by atoms with Gasteiger partial charge < -0.3 is 20.5 Å².